The quantitative estimate of drug-likeness (QED) is 0.183. The Morgan fingerprint density at radius 2 is 1.85 bits per heavy atom. The lowest BCUT2D eigenvalue weighted by Gasteiger charge is -2.16. The SMILES string of the molecule is C=CCc1cc(/C=N\OCc2ccccc2C#N)cc(OC)c1OCc1ccc(Cl)c(Cl)c1. The molecule has 0 aliphatic heterocycles. The van der Waals surface area contributed by atoms with Gasteiger partial charge in [0.15, 0.2) is 11.5 Å². The highest BCUT2D eigenvalue weighted by molar-refractivity contribution is 6.42. The lowest BCUT2D eigenvalue weighted by molar-refractivity contribution is 0.132. The predicted molar refractivity (Wildman–Crippen MR) is 131 cm³/mol. The molecular formula is C26H22Cl2N2O3. The van der Waals surface area contributed by atoms with Gasteiger partial charge in [-0.15, -0.1) is 6.58 Å². The number of hydrogen-bond donors (Lipinski definition) is 0. The third-order valence-corrected chi connectivity index (χ3v) is 5.48. The van der Waals surface area contributed by atoms with Gasteiger partial charge in [-0.25, -0.2) is 0 Å². The molecule has 5 nitrogen and oxygen atoms in total. The maximum absolute atomic E-state index is 9.17. The number of halogens is 2. The maximum atomic E-state index is 9.17. The van der Waals surface area contributed by atoms with Crippen molar-refractivity contribution < 1.29 is 14.3 Å². The number of allylic oxidation sites excluding steroid dienone is 1. The molecule has 0 aromatic heterocycles. The summed E-state index contributed by atoms with van der Waals surface area (Å²) in [7, 11) is 1.58. The molecule has 0 atom stereocenters. The molecule has 0 fully saturated rings. The van der Waals surface area contributed by atoms with E-state index in [2.05, 4.69) is 17.8 Å². The minimum Gasteiger partial charge on any atom is -0.493 e. The molecule has 0 bridgehead atoms. The smallest absolute Gasteiger partial charge is 0.165 e. The first-order valence-corrected chi connectivity index (χ1v) is 10.8. The largest absolute Gasteiger partial charge is 0.493 e. The van der Waals surface area contributed by atoms with Crippen molar-refractivity contribution in [2.75, 3.05) is 7.11 Å². The third-order valence-electron chi connectivity index (χ3n) is 4.74. The molecule has 0 aliphatic carbocycles. The van der Waals surface area contributed by atoms with Crippen molar-refractivity contribution in [1.29, 1.82) is 5.26 Å². The van der Waals surface area contributed by atoms with Crippen LogP contribution in [0.1, 0.15) is 27.8 Å². The molecule has 3 aromatic rings. The molecule has 0 unspecified atom stereocenters. The summed E-state index contributed by atoms with van der Waals surface area (Å²) in [6.45, 7) is 4.33. The molecule has 0 spiro atoms. The van der Waals surface area contributed by atoms with Crippen molar-refractivity contribution in [1.82, 2.24) is 0 Å². The first-order chi connectivity index (χ1) is 16.0. The van der Waals surface area contributed by atoms with Crippen LogP contribution >= 0.6 is 23.2 Å². The van der Waals surface area contributed by atoms with Gasteiger partial charge in [0.05, 0.1) is 35.0 Å². The van der Waals surface area contributed by atoms with Gasteiger partial charge in [0, 0.05) is 16.7 Å². The van der Waals surface area contributed by atoms with Crippen LogP contribution in [0.3, 0.4) is 0 Å². The number of hydrogen-bond acceptors (Lipinski definition) is 5. The number of oxime groups is 1. The van der Waals surface area contributed by atoms with Gasteiger partial charge in [-0.3, -0.25) is 0 Å². The van der Waals surface area contributed by atoms with E-state index in [4.69, 9.17) is 42.8 Å². The highest BCUT2D eigenvalue weighted by atomic mass is 35.5. The van der Waals surface area contributed by atoms with Gasteiger partial charge in [0.25, 0.3) is 0 Å². The van der Waals surface area contributed by atoms with Crippen LogP contribution in [0.15, 0.2) is 72.4 Å². The Balaban J connectivity index is 1.76. The van der Waals surface area contributed by atoms with Gasteiger partial charge in [-0.05, 0) is 42.3 Å². The van der Waals surface area contributed by atoms with Gasteiger partial charge in [-0.2, -0.15) is 5.26 Å². The second kappa shape index (κ2) is 12.0. The molecule has 3 aromatic carbocycles. The molecule has 33 heavy (non-hydrogen) atoms. The van der Waals surface area contributed by atoms with Crippen LogP contribution in [0.2, 0.25) is 10.0 Å². The topological polar surface area (TPSA) is 63.8 Å². The standard InChI is InChI=1S/C26H22Cl2N2O3/c1-3-6-20-11-19(15-30-33-17-22-8-5-4-7-21(22)14-29)13-25(31-2)26(20)32-16-18-9-10-23(27)24(28)12-18/h3-5,7-13,15H,1,6,16-17H2,2H3/b30-15-. The summed E-state index contributed by atoms with van der Waals surface area (Å²) in [6.07, 6.45) is 3.95. The molecule has 168 valence electrons. The van der Waals surface area contributed by atoms with Gasteiger partial charge in [-0.1, -0.05) is 58.7 Å². The van der Waals surface area contributed by atoms with Crippen LogP contribution in [0.5, 0.6) is 11.5 Å². The summed E-state index contributed by atoms with van der Waals surface area (Å²) in [5.74, 6) is 1.18. The number of nitrogens with zero attached hydrogens (tertiary/aromatic N) is 2. The summed E-state index contributed by atoms with van der Waals surface area (Å²) in [4.78, 5) is 5.40. The Hall–Kier alpha value is -3.46. The fraction of sp³-hybridized carbons (Fsp3) is 0.154. The summed E-state index contributed by atoms with van der Waals surface area (Å²) in [5, 5.41) is 14.2. The zero-order valence-electron chi connectivity index (χ0n) is 18.1. The van der Waals surface area contributed by atoms with Crippen LogP contribution in [0, 0.1) is 11.3 Å². The molecule has 0 amide bonds. The molecule has 0 saturated carbocycles. The fourth-order valence-corrected chi connectivity index (χ4v) is 3.45. The Bertz CT molecular complexity index is 1200. The van der Waals surface area contributed by atoms with E-state index in [9.17, 15) is 0 Å². The average molecular weight is 481 g/mol. The number of ether oxygens (including phenoxy) is 2. The Kier molecular flexibility index (Phi) is 8.77. The van der Waals surface area contributed by atoms with Crippen molar-refractivity contribution in [3.63, 3.8) is 0 Å². The number of nitriles is 1. The van der Waals surface area contributed by atoms with Crippen molar-refractivity contribution in [3.05, 3.63) is 105 Å². The minimum absolute atomic E-state index is 0.196. The average Bonchev–Trinajstić information content (AvgIpc) is 2.83. The number of rotatable bonds is 10. The van der Waals surface area contributed by atoms with Gasteiger partial charge in [0.1, 0.15) is 13.2 Å². The lowest BCUT2D eigenvalue weighted by Crippen LogP contribution is -2.02. The Morgan fingerprint density at radius 1 is 1.03 bits per heavy atom. The molecule has 0 aliphatic rings. The van der Waals surface area contributed by atoms with Crippen molar-refractivity contribution in [3.8, 4) is 17.6 Å². The molecule has 0 heterocycles. The highest BCUT2D eigenvalue weighted by Crippen LogP contribution is 2.34. The molecule has 0 saturated heterocycles. The molecule has 0 N–H and O–H groups in total. The summed E-state index contributed by atoms with van der Waals surface area (Å²) in [5.41, 5.74) is 3.88. The Labute approximate surface area is 203 Å². The van der Waals surface area contributed by atoms with E-state index >= 15 is 0 Å². The van der Waals surface area contributed by atoms with Crippen LogP contribution < -0.4 is 9.47 Å². The van der Waals surface area contributed by atoms with E-state index in [1.165, 1.54) is 0 Å². The fourth-order valence-electron chi connectivity index (χ4n) is 3.13. The monoisotopic (exact) mass is 480 g/mol. The van der Waals surface area contributed by atoms with Gasteiger partial charge in [0.2, 0.25) is 0 Å². The van der Waals surface area contributed by atoms with E-state index < -0.39 is 0 Å². The number of benzene rings is 3. The van der Waals surface area contributed by atoms with E-state index in [-0.39, 0.29) is 6.61 Å². The Morgan fingerprint density at radius 3 is 2.58 bits per heavy atom. The summed E-state index contributed by atoms with van der Waals surface area (Å²) < 4.78 is 11.6. The van der Waals surface area contributed by atoms with Crippen LogP contribution in [0.25, 0.3) is 0 Å². The lowest BCUT2D eigenvalue weighted by atomic mass is 10.1. The normalized spacial score (nSPS) is 10.6. The highest BCUT2D eigenvalue weighted by Gasteiger charge is 2.13. The van der Waals surface area contributed by atoms with Crippen LogP contribution in [-0.2, 0) is 24.5 Å². The first kappa shape index (κ1) is 24.2. The van der Waals surface area contributed by atoms with Gasteiger partial charge >= 0.3 is 0 Å². The molecule has 3 rings (SSSR count). The zero-order chi connectivity index (χ0) is 23.6. The van der Waals surface area contributed by atoms with Crippen LogP contribution in [-0.4, -0.2) is 13.3 Å². The maximum Gasteiger partial charge on any atom is 0.165 e. The zero-order valence-corrected chi connectivity index (χ0v) is 19.6. The van der Waals surface area contributed by atoms with E-state index in [0.717, 1.165) is 22.3 Å². The van der Waals surface area contributed by atoms with Crippen molar-refractivity contribution in [2.45, 2.75) is 19.6 Å². The number of methoxy groups -OCH3 is 1. The van der Waals surface area contributed by atoms with E-state index in [0.29, 0.717) is 40.1 Å². The van der Waals surface area contributed by atoms with E-state index in [1.807, 2.05) is 36.4 Å². The first-order valence-electron chi connectivity index (χ1n) is 10.1. The molecule has 0 radical (unpaired) electrons. The summed E-state index contributed by atoms with van der Waals surface area (Å²) >= 11 is 12.1. The second-order valence-electron chi connectivity index (χ2n) is 7.02. The molecule has 7 heteroatoms. The molecular weight excluding hydrogens is 459 g/mol. The predicted octanol–water partition coefficient (Wildman–Crippen LogP) is 6.73. The van der Waals surface area contributed by atoms with Crippen molar-refractivity contribution in [2.24, 2.45) is 5.16 Å². The summed E-state index contributed by atoms with van der Waals surface area (Å²) in [6, 6.07) is 18.5. The van der Waals surface area contributed by atoms with Crippen LogP contribution in [0.4, 0.5) is 0 Å². The van der Waals surface area contributed by atoms with Crippen molar-refractivity contribution >= 4 is 29.4 Å². The minimum atomic E-state index is 0.196. The third kappa shape index (κ3) is 6.52. The van der Waals surface area contributed by atoms with Gasteiger partial charge < -0.3 is 14.3 Å². The van der Waals surface area contributed by atoms with E-state index in [1.54, 1.807) is 37.6 Å². The second-order valence-corrected chi connectivity index (χ2v) is 7.83.